The van der Waals surface area contributed by atoms with Crippen LogP contribution in [0.5, 0.6) is 0 Å². The highest BCUT2D eigenvalue weighted by Crippen LogP contribution is 2.31. The fourth-order valence-corrected chi connectivity index (χ4v) is 3.11. The summed E-state index contributed by atoms with van der Waals surface area (Å²) in [5.74, 6) is 2.96. The van der Waals surface area contributed by atoms with Crippen LogP contribution in [0.15, 0.2) is 41.9 Å². The number of guanidine groups is 1. The summed E-state index contributed by atoms with van der Waals surface area (Å²) in [6, 6.07) is 7.97. The van der Waals surface area contributed by atoms with Gasteiger partial charge < -0.3 is 16.0 Å². The lowest BCUT2D eigenvalue weighted by molar-refractivity contribution is -0.116. The van der Waals surface area contributed by atoms with Gasteiger partial charge in [0.05, 0.1) is 0 Å². The third-order valence-corrected chi connectivity index (χ3v) is 4.58. The molecule has 1 amide bonds. The maximum absolute atomic E-state index is 11.8. The number of thioether (sulfide) groups is 1. The molecule has 1 aromatic rings. The highest BCUT2D eigenvalue weighted by atomic mass is 127. The predicted molar refractivity (Wildman–Crippen MR) is 115 cm³/mol. The second-order valence-electron chi connectivity index (χ2n) is 5.28. The number of benzene rings is 1. The van der Waals surface area contributed by atoms with Crippen molar-refractivity contribution in [1.82, 2.24) is 10.6 Å². The molecule has 0 saturated carbocycles. The summed E-state index contributed by atoms with van der Waals surface area (Å²) in [7, 11) is 1.76. The summed E-state index contributed by atoms with van der Waals surface area (Å²) in [5, 5.41) is 9.53. The summed E-state index contributed by atoms with van der Waals surface area (Å²) in [6.07, 6.45) is 2.40. The molecule has 1 heterocycles. The Morgan fingerprint density at radius 3 is 3.00 bits per heavy atom. The summed E-state index contributed by atoms with van der Waals surface area (Å²) in [4.78, 5) is 16.1. The van der Waals surface area contributed by atoms with Crippen molar-refractivity contribution >= 4 is 53.3 Å². The number of hydrogen-bond donors (Lipinski definition) is 3. The smallest absolute Gasteiger partial charge is 0.225 e. The van der Waals surface area contributed by atoms with Crippen LogP contribution in [0.2, 0.25) is 0 Å². The van der Waals surface area contributed by atoms with E-state index in [9.17, 15) is 4.79 Å². The second-order valence-corrected chi connectivity index (χ2v) is 6.43. The topological polar surface area (TPSA) is 65.5 Å². The van der Waals surface area contributed by atoms with E-state index in [0.717, 1.165) is 29.7 Å². The third kappa shape index (κ3) is 6.35. The first-order valence-electron chi connectivity index (χ1n) is 7.76. The van der Waals surface area contributed by atoms with Gasteiger partial charge in [-0.2, -0.15) is 11.8 Å². The summed E-state index contributed by atoms with van der Waals surface area (Å²) in [6.45, 7) is 5.24. The lowest BCUT2D eigenvalue weighted by atomic mass is 9.90. The number of nitrogens with zero attached hydrogens (tertiary/aromatic N) is 1. The number of halogens is 1. The lowest BCUT2D eigenvalue weighted by Crippen LogP contribution is -2.41. The Morgan fingerprint density at radius 2 is 2.25 bits per heavy atom. The van der Waals surface area contributed by atoms with Gasteiger partial charge in [0.15, 0.2) is 5.96 Å². The zero-order valence-corrected chi connectivity index (χ0v) is 17.0. The van der Waals surface area contributed by atoms with Gasteiger partial charge in [-0.15, -0.1) is 30.6 Å². The van der Waals surface area contributed by atoms with Crippen molar-refractivity contribution < 1.29 is 4.79 Å². The van der Waals surface area contributed by atoms with Gasteiger partial charge in [-0.3, -0.25) is 9.79 Å². The molecular weight excluding hydrogens is 435 g/mol. The number of fused-ring (bicyclic) bond motifs is 1. The van der Waals surface area contributed by atoms with Gasteiger partial charge in [0, 0.05) is 49.7 Å². The highest BCUT2D eigenvalue weighted by Gasteiger charge is 2.24. The molecule has 3 N–H and O–H groups in total. The minimum Gasteiger partial charge on any atom is -0.356 e. The van der Waals surface area contributed by atoms with Crippen molar-refractivity contribution in [3.05, 3.63) is 42.5 Å². The van der Waals surface area contributed by atoms with Crippen molar-refractivity contribution in [2.75, 3.05) is 37.0 Å². The number of carbonyl (C=O) groups is 1. The maximum atomic E-state index is 11.8. The first kappa shape index (κ1) is 20.8. The average molecular weight is 460 g/mol. The van der Waals surface area contributed by atoms with E-state index in [0.29, 0.717) is 13.0 Å². The minimum absolute atomic E-state index is 0. The molecule has 0 spiro atoms. The van der Waals surface area contributed by atoms with Crippen LogP contribution < -0.4 is 16.0 Å². The van der Waals surface area contributed by atoms with E-state index in [1.807, 2.05) is 36.0 Å². The molecule has 1 unspecified atom stereocenters. The van der Waals surface area contributed by atoms with E-state index >= 15 is 0 Å². The Bertz CT molecular complexity index is 579. The Labute approximate surface area is 165 Å². The third-order valence-electron chi connectivity index (χ3n) is 3.62. The van der Waals surface area contributed by atoms with Gasteiger partial charge in [0.25, 0.3) is 0 Å². The average Bonchev–Trinajstić information content (AvgIpc) is 2.57. The number of carbonyl (C=O) groups excluding carboxylic acids is 1. The molecular formula is C17H25IN4OS. The van der Waals surface area contributed by atoms with Gasteiger partial charge in [-0.25, -0.2) is 0 Å². The summed E-state index contributed by atoms with van der Waals surface area (Å²) < 4.78 is 0. The van der Waals surface area contributed by atoms with Crippen LogP contribution in [-0.2, 0) is 4.79 Å². The molecule has 0 fully saturated rings. The molecule has 1 aliphatic rings. The Kier molecular flexibility index (Phi) is 9.85. The molecule has 0 saturated heterocycles. The Hall–Kier alpha value is -1.22. The quantitative estimate of drug-likeness (QED) is 0.193. The van der Waals surface area contributed by atoms with Gasteiger partial charge in [-0.1, -0.05) is 24.3 Å². The van der Waals surface area contributed by atoms with Crippen LogP contribution in [0.3, 0.4) is 0 Å². The molecule has 1 aliphatic heterocycles. The van der Waals surface area contributed by atoms with E-state index in [2.05, 4.69) is 33.6 Å². The van der Waals surface area contributed by atoms with E-state index in [-0.39, 0.29) is 35.8 Å². The van der Waals surface area contributed by atoms with Gasteiger partial charge in [-0.05, 0) is 11.6 Å². The SMILES string of the molecule is C=CCSCCNC(=NC)NCC1CC(=O)Nc2ccccc21.I. The van der Waals surface area contributed by atoms with Crippen molar-refractivity contribution in [1.29, 1.82) is 0 Å². The first-order chi connectivity index (χ1) is 11.2. The van der Waals surface area contributed by atoms with Crippen LogP contribution in [-0.4, -0.2) is 43.5 Å². The zero-order valence-electron chi connectivity index (χ0n) is 13.9. The van der Waals surface area contributed by atoms with E-state index in [1.165, 1.54) is 5.56 Å². The van der Waals surface area contributed by atoms with Crippen molar-refractivity contribution in [2.24, 2.45) is 4.99 Å². The molecule has 0 aliphatic carbocycles. The van der Waals surface area contributed by atoms with Crippen LogP contribution in [0, 0.1) is 0 Å². The molecule has 132 valence electrons. The first-order valence-corrected chi connectivity index (χ1v) is 8.92. The number of anilines is 1. The molecule has 1 atom stereocenters. The summed E-state index contributed by atoms with van der Waals surface area (Å²) >= 11 is 1.83. The minimum atomic E-state index is 0. The Balaban J connectivity index is 0.00000288. The number of rotatable bonds is 7. The molecule has 1 aromatic carbocycles. The van der Waals surface area contributed by atoms with E-state index in [4.69, 9.17) is 0 Å². The van der Waals surface area contributed by atoms with Crippen LogP contribution in [0.4, 0.5) is 5.69 Å². The number of hydrogen-bond acceptors (Lipinski definition) is 3. The lowest BCUT2D eigenvalue weighted by Gasteiger charge is -2.26. The molecule has 0 radical (unpaired) electrons. The zero-order chi connectivity index (χ0) is 16.5. The van der Waals surface area contributed by atoms with Gasteiger partial charge in [0.2, 0.25) is 5.91 Å². The molecule has 7 heteroatoms. The molecule has 0 aromatic heterocycles. The highest BCUT2D eigenvalue weighted by molar-refractivity contribution is 14.0. The maximum Gasteiger partial charge on any atom is 0.225 e. The monoisotopic (exact) mass is 460 g/mol. The van der Waals surface area contributed by atoms with E-state index in [1.54, 1.807) is 7.05 Å². The molecule has 24 heavy (non-hydrogen) atoms. The van der Waals surface area contributed by atoms with Crippen molar-refractivity contribution in [3.8, 4) is 0 Å². The predicted octanol–water partition coefficient (Wildman–Crippen LogP) is 2.81. The standard InChI is InChI=1S/C17H24N4OS.HI/c1-3-9-23-10-8-19-17(18-2)20-12-13-11-16(22)21-15-7-5-4-6-14(13)15;/h3-7,13H,1,8-12H2,2H3,(H,21,22)(H2,18,19,20);1H. The number of aliphatic imine (C=N–C) groups is 1. The fourth-order valence-electron chi connectivity index (χ4n) is 2.53. The van der Waals surface area contributed by atoms with E-state index < -0.39 is 0 Å². The molecule has 0 bridgehead atoms. The van der Waals surface area contributed by atoms with Crippen molar-refractivity contribution in [2.45, 2.75) is 12.3 Å². The van der Waals surface area contributed by atoms with Crippen LogP contribution in [0.1, 0.15) is 17.9 Å². The second kappa shape index (κ2) is 11.4. The number of para-hydroxylation sites is 1. The molecule has 5 nitrogen and oxygen atoms in total. The Morgan fingerprint density at radius 1 is 1.46 bits per heavy atom. The fraction of sp³-hybridized carbons (Fsp3) is 0.412. The normalized spacial score (nSPS) is 16.5. The number of nitrogens with one attached hydrogen (secondary N) is 3. The molecule has 2 rings (SSSR count). The number of amides is 1. The largest absolute Gasteiger partial charge is 0.356 e. The summed E-state index contributed by atoms with van der Waals surface area (Å²) in [5.41, 5.74) is 2.09. The van der Waals surface area contributed by atoms with Crippen LogP contribution >= 0.6 is 35.7 Å². The van der Waals surface area contributed by atoms with Gasteiger partial charge in [0.1, 0.15) is 0 Å². The van der Waals surface area contributed by atoms with Crippen molar-refractivity contribution in [3.63, 3.8) is 0 Å². The van der Waals surface area contributed by atoms with Crippen LogP contribution in [0.25, 0.3) is 0 Å². The van der Waals surface area contributed by atoms with Gasteiger partial charge >= 0.3 is 0 Å².